The molecule has 5 nitrogen and oxygen atoms in total. The van der Waals surface area contributed by atoms with Crippen molar-refractivity contribution in [2.45, 2.75) is 33.3 Å². The highest BCUT2D eigenvalue weighted by Crippen LogP contribution is 2.18. The average molecular weight is 250 g/mol. The van der Waals surface area contributed by atoms with Crippen molar-refractivity contribution in [1.82, 2.24) is 0 Å². The van der Waals surface area contributed by atoms with Crippen LogP contribution >= 0.6 is 0 Å². The molecule has 5 heteroatoms. The quantitative estimate of drug-likeness (QED) is 0.866. The molecule has 0 atom stereocenters. The molecular weight excluding hydrogens is 234 g/mol. The van der Waals surface area contributed by atoms with Gasteiger partial charge in [0, 0.05) is 5.56 Å². The van der Waals surface area contributed by atoms with Gasteiger partial charge in [0.1, 0.15) is 5.60 Å². The van der Waals surface area contributed by atoms with Crippen molar-refractivity contribution in [1.29, 1.82) is 0 Å². The van der Waals surface area contributed by atoms with Gasteiger partial charge in [0.2, 0.25) is 0 Å². The third-order valence-electron chi connectivity index (χ3n) is 2.03. The summed E-state index contributed by atoms with van der Waals surface area (Å²) in [4.78, 5) is 22.5. The normalized spacial score (nSPS) is 10.9. The van der Waals surface area contributed by atoms with Crippen LogP contribution < -0.4 is 10.4 Å². The number of carboxylic acids is 1. The molecule has 98 valence electrons. The molecule has 0 aromatic heterocycles. The SMILES string of the molecule is Cc1ccc(NC(=O)OC(C)(C)C)c(C(=O)[O-])c1. The number of rotatable bonds is 2. The van der Waals surface area contributed by atoms with Crippen LogP contribution in [0.15, 0.2) is 18.2 Å². The molecule has 0 fully saturated rings. The van der Waals surface area contributed by atoms with Crippen LogP contribution in [0, 0.1) is 6.92 Å². The summed E-state index contributed by atoms with van der Waals surface area (Å²) in [6.07, 6.45) is -0.700. The molecule has 1 aromatic carbocycles. The maximum Gasteiger partial charge on any atom is 0.412 e. The zero-order valence-electron chi connectivity index (χ0n) is 10.9. The van der Waals surface area contributed by atoms with Crippen LogP contribution in [0.4, 0.5) is 10.5 Å². The lowest BCUT2D eigenvalue weighted by molar-refractivity contribution is -0.254. The molecule has 1 amide bonds. The number of amides is 1. The fourth-order valence-corrected chi connectivity index (χ4v) is 1.35. The van der Waals surface area contributed by atoms with Gasteiger partial charge in [-0.2, -0.15) is 0 Å². The van der Waals surface area contributed by atoms with Gasteiger partial charge in [-0.3, -0.25) is 5.32 Å². The Morgan fingerprint density at radius 3 is 2.39 bits per heavy atom. The Morgan fingerprint density at radius 1 is 1.28 bits per heavy atom. The maximum atomic E-state index is 11.5. The molecule has 1 rings (SSSR count). The first kappa shape index (κ1) is 14.0. The van der Waals surface area contributed by atoms with Gasteiger partial charge in [0.25, 0.3) is 0 Å². The predicted molar refractivity (Wildman–Crippen MR) is 65.4 cm³/mol. The highest BCUT2D eigenvalue weighted by molar-refractivity contribution is 5.98. The summed E-state index contributed by atoms with van der Waals surface area (Å²) < 4.78 is 5.04. The maximum absolute atomic E-state index is 11.5. The molecule has 0 radical (unpaired) electrons. The van der Waals surface area contributed by atoms with Crippen LogP contribution in [0.5, 0.6) is 0 Å². The van der Waals surface area contributed by atoms with Gasteiger partial charge in [-0.15, -0.1) is 0 Å². The molecule has 0 aliphatic rings. The van der Waals surface area contributed by atoms with Crippen LogP contribution in [-0.2, 0) is 4.74 Å². The number of anilines is 1. The summed E-state index contributed by atoms with van der Waals surface area (Å²) in [5.41, 5.74) is 0.218. The molecule has 0 heterocycles. The smallest absolute Gasteiger partial charge is 0.412 e. The van der Waals surface area contributed by atoms with Crippen molar-refractivity contribution in [3.05, 3.63) is 29.3 Å². The first-order valence-corrected chi connectivity index (χ1v) is 5.51. The summed E-state index contributed by atoms with van der Waals surface area (Å²) in [6.45, 7) is 6.92. The molecule has 0 aliphatic heterocycles. The van der Waals surface area contributed by atoms with Crippen LogP contribution in [0.2, 0.25) is 0 Å². The van der Waals surface area contributed by atoms with Gasteiger partial charge in [-0.1, -0.05) is 11.6 Å². The van der Waals surface area contributed by atoms with Crippen LogP contribution in [-0.4, -0.2) is 17.7 Å². The lowest BCUT2D eigenvalue weighted by atomic mass is 10.1. The summed E-state index contributed by atoms with van der Waals surface area (Å²) >= 11 is 0. The van der Waals surface area contributed by atoms with Gasteiger partial charge in [0.05, 0.1) is 11.7 Å². The minimum atomic E-state index is -1.34. The fraction of sp³-hybridized carbons (Fsp3) is 0.385. The van der Waals surface area contributed by atoms with E-state index in [9.17, 15) is 14.7 Å². The van der Waals surface area contributed by atoms with E-state index in [0.717, 1.165) is 5.56 Å². The molecule has 0 bridgehead atoms. The van der Waals surface area contributed by atoms with Gasteiger partial charge in [0.15, 0.2) is 0 Å². The van der Waals surface area contributed by atoms with E-state index in [4.69, 9.17) is 4.74 Å². The Labute approximate surface area is 106 Å². The molecule has 0 saturated heterocycles. The second-order valence-electron chi connectivity index (χ2n) is 4.96. The number of hydrogen-bond acceptors (Lipinski definition) is 4. The highest BCUT2D eigenvalue weighted by Gasteiger charge is 2.17. The van der Waals surface area contributed by atoms with Crippen LogP contribution in [0.1, 0.15) is 36.7 Å². The molecule has 1 aromatic rings. The number of hydrogen-bond donors (Lipinski definition) is 1. The van der Waals surface area contributed by atoms with Crippen LogP contribution in [0.25, 0.3) is 0 Å². The molecule has 1 N–H and O–H groups in total. The van der Waals surface area contributed by atoms with E-state index in [-0.39, 0.29) is 11.3 Å². The van der Waals surface area contributed by atoms with Crippen molar-refractivity contribution in [2.24, 2.45) is 0 Å². The Hall–Kier alpha value is -2.04. The third-order valence-corrected chi connectivity index (χ3v) is 2.03. The number of carbonyl (C=O) groups is 2. The zero-order chi connectivity index (χ0) is 13.9. The van der Waals surface area contributed by atoms with Crippen LogP contribution in [0.3, 0.4) is 0 Å². The second kappa shape index (κ2) is 5.08. The van der Waals surface area contributed by atoms with Gasteiger partial charge in [-0.25, -0.2) is 4.79 Å². The van der Waals surface area contributed by atoms with Gasteiger partial charge >= 0.3 is 6.09 Å². The average Bonchev–Trinajstić information content (AvgIpc) is 2.17. The third kappa shape index (κ3) is 4.08. The zero-order valence-corrected chi connectivity index (χ0v) is 10.9. The summed E-state index contributed by atoms with van der Waals surface area (Å²) in [5, 5.41) is 13.3. The molecule has 0 unspecified atom stereocenters. The Kier molecular flexibility index (Phi) is 3.96. The minimum Gasteiger partial charge on any atom is -0.545 e. The molecular formula is C13H16NO4-. The Balaban J connectivity index is 2.91. The van der Waals surface area contributed by atoms with Crippen molar-refractivity contribution in [2.75, 3.05) is 5.32 Å². The predicted octanol–water partition coefficient (Wildman–Crippen LogP) is 1.71. The number of aromatic carboxylic acids is 1. The number of benzene rings is 1. The number of ether oxygens (including phenoxy) is 1. The first-order chi connectivity index (χ1) is 8.19. The Bertz CT molecular complexity index is 474. The molecule has 18 heavy (non-hydrogen) atoms. The van der Waals surface area contributed by atoms with E-state index < -0.39 is 17.7 Å². The molecule has 0 aliphatic carbocycles. The van der Waals surface area contributed by atoms with E-state index in [1.807, 2.05) is 0 Å². The van der Waals surface area contributed by atoms with Gasteiger partial charge < -0.3 is 14.6 Å². The number of nitrogens with one attached hydrogen (secondary N) is 1. The number of carbonyl (C=O) groups excluding carboxylic acids is 2. The molecule has 0 saturated carbocycles. The lowest BCUT2D eigenvalue weighted by Gasteiger charge is -2.20. The van der Waals surface area contributed by atoms with Crippen molar-refractivity contribution in [3.8, 4) is 0 Å². The standard InChI is InChI=1S/C13H17NO4/c1-8-5-6-10(9(7-8)11(15)16)14-12(17)18-13(2,3)4/h5-7H,1-4H3,(H,14,17)(H,15,16)/p-1. The number of carboxylic acid groups (broad SMARTS) is 1. The lowest BCUT2D eigenvalue weighted by Crippen LogP contribution is -2.29. The monoisotopic (exact) mass is 250 g/mol. The summed E-state index contributed by atoms with van der Waals surface area (Å²) in [6, 6.07) is 4.63. The van der Waals surface area contributed by atoms with Crippen molar-refractivity contribution >= 4 is 17.7 Å². The fourth-order valence-electron chi connectivity index (χ4n) is 1.35. The summed E-state index contributed by atoms with van der Waals surface area (Å²) in [5.74, 6) is -1.34. The van der Waals surface area contributed by atoms with E-state index in [2.05, 4.69) is 5.32 Å². The van der Waals surface area contributed by atoms with E-state index in [1.165, 1.54) is 12.1 Å². The minimum absolute atomic E-state index is 0.0686. The Morgan fingerprint density at radius 2 is 1.89 bits per heavy atom. The van der Waals surface area contributed by atoms with E-state index in [0.29, 0.717) is 0 Å². The topological polar surface area (TPSA) is 78.5 Å². The van der Waals surface area contributed by atoms with Crippen molar-refractivity contribution in [3.63, 3.8) is 0 Å². The highest BCUT2D eigenvalue weighted by atomic mass is 16.6. The van der Waals surface area contributed by atoms with E-state index >= 15 is 0 Å². The van der Waals surface area contributed by atoms with Crippen molar-refractivity contribution < 1.29 is 19.4 Å². The van der Waals surface area contributed by atoms with Gasteiger partial charge in [-0.05, 0) is 39.8 Å². The first-order valence-electron chi connectivity index (χ1n) is 5.51. The summed E-state index contributed by atoms with van der Waals surface area (Å²) in [7, 11) is 0. The second-order valence-corrected chi connectivity index (χ2v) is 4.96. The number of aryl methyl sites for hydroxylation is 1. The van der Waals surface area contributed by atoms with E-state index in [1.54, 1.807) is 33.8 Å². The largest absolute Gasteiger partial charge is 0.545 e. The molecule has 0 spiro atoms.